The molecule has 0 aliphatic carbocycles. The smallest absolute Gasteiger partial charge is 0.261 e. The molecule has 140 valence electrons. The summed E-state index contributed by atoms with van der Waals surface area (Å²) in [5.74, 6) is 1.27. The molecule has 0 bridgehead atoms. The van der Waals surface area contributed by atoms with Gasteiger partial charge in [-0.05, 0) is 36.4 Å². The highest BCUT2D eigenvalue weighted by molar-refractivity contribution is 7.14. The van der Waals surface area contributed by atoms with Gasteiger partial charge in [0.2, 0.25) is 0 Å². The zero-order chi connectivity index (χ0) is 19.4. The molecular formula is C19H17ClN2O4S. The first-order valence-electron chi connectivity index (χ1n) is 7.88. The molecule has 0 saturated heterocycles. The van der Waals surface area contributed by atoms with Crippen molar-refractivity contribution in [1.29, 1.82) is 0 Å². The molecule has 1 amide bonds. The predicted molar refractivity (Wildman–Crippen MR) is 107 cm³/mol. The van der Waals surface area contributed by atoms with Gasteiger partial charge in [0.25, 0.3) is 5.91 Å². The van der Waals surface area contributed by atoms with E-state index < -0.39 is 0 Å². The van der Waals surface area contributed by atoms with E-state index in [0.717, 1.165) is 5.56 Å². The topological polar surface area (TPSA) is 69.7 Å². The van der Waals surface area contributed by atoms with Crippen LogP contribution in [0.5, 0.6) is 17.2 Å². The van der Waals surface area contributed by atoms with Crippen LogP contribution in [-0.4, -0.2) is 32.2 Å². The zero-order valence-corrected chi connectivity index (χ0v) is 16.5. The second-order valence-corrected chi connectivity index (χ2v) is 6.67. The number of nitrogens with one attached hydrogen (secondary N) is 1. The Morgan fingerprint density at radius 2 is 1.78 bits per heavy atom. The summed E-state index contributed by atoms with van der Waals surface area (Å²) in [6.45, 7) is 0. The van der Waals surface area contributed by atoms with Gasteiger partial charge < -0.3 is 14.2 Å². The Morgan fingerprint density at radius 3 is 2.44 bits per heavy atom. The molecule has 27 heavy (non-hydrogen) atoms. The van der Waals surface area contributed by atoms with E-state index >= 15 is 0 Å². The number of ether oxygens (including phenoxy) is 3. The lowest BCUT2D eigenvalue weighted by Gasteiger charge is -2.09. The van der Waals surface area contributed by atoms with E-state index in [-0.39, 0.29) is 5.91 Å². The Hall–Kier alpha value is -2.77. The monoisotopic (exact) mass is 404 g/mol. The highest BCUT2D eigenvalue weighted by atomic mass is 35.5. The van der Waals surface area contributed by atoms with Gasteiger partial charge in [-0.3, -0.25) is 10.1 Å². The van der Waals surface area contributed by atoms with Crippen molar-refractivity contribution in [3.63, 3.8) is 0 Å². The lowest BCUT2D eigenvalue weighted by molar-refractivity contribution is 0.102. The number of benzene rings is 2. The van der Waals surface area contributed by atoms with E-state index in [1.165, 1.54) is 25.6 Å². The van der Waals surface area contributed by atoms with Crippen LogP contribution in [0.3, 0.4) is 0 Å². The molecule has 1 aromatic heterocycles. The number of carbonyl (C=O) groups is 1. The van der Waals surface area contributed by atoms with Gasteiger partial charge in [0.15, 0.2) is 5.13 Å². The normalized spacial score (nSPS) is 10.4. The fourth-order valence-corrected chi connectivity index (χ4v) is 3.42. The molecule has 2 aromatic carbocycles. The number of thiazole rings is 1. The van der Waals surface area contributed by atoms with Gasteiger partial charge in [-0.15, -0.1) is 11.3 Å². The lowest BCUT2D eigenvalue weighted by atomic mass is 10.1. The Morgan fingerprint density at radius 1 is 1.04 bits per heavy atom. The molecule has 3 rings (SSSR count). The molecule has 8 heteroatoms. The molecule has 1 N–H and O–H groups in total. The molecule has 6 nitrogen and oxygen atoms in total. The maximum absolute atomic E-state index is 12.6. The predicted octanol–water partition coefficient (Wildman–Crippen LogP) is 4.74. The highest BCUT2D eigenvalue weighted by Gasteiger charge is 2.16. The van der Waals surface area contributed by atoms with Gasteiger partial charge in [-0.1, -0.05) is 11.6 Å². The number of carbonyl (C=O) groups excluding carboxylic acids is 1. The number of rotatable bonds is 6. The molecule has 0 aliphatic rings. The molecule has 0 radical (unpaired) electrons. The summed E-state index contributed by atoms with van der Waals surface area (Å²) in [5.41, 5.74) is 1.90. The molecule has 0 unspecified atom stereocenters. The van der Waals surface area contributed by atoms with Crippen LogP contribution in [-0.2, 0) is 0 Å². The molecule has 0 fully saturated rings. The number of nitrogens with zero attached hydrogens (tertiary/aromatic N) is 1. The van der Waals surface area contributed by atoms with Crippen LogP contribution >= 0.6 is 22.9 Å². The number of hydrogen-bond acceptors (Lipinski definition) is 6. The lowest BCUT2D eigenvalue weighted by Crippen LogP contribution is -2.13. The maximum Gasteiger partial charge on any atom is 0.261 e. The van der Waals surface area contributed by atoms with Crippen LogP contribution in [0.2, 0.25) is 5.02 Å². The number of aromatic nitrogens is 1. The SMILES string of the molecule is COc1ccc(OC)c(C(=O)Nc2nc(-c3ccc(OC)c(Cl)c3)cs2)c1. The number of halogens is 1. The quantitative estimate of drug-likeness (QED) is 0.642. The Balaban J connectivity index is 1.82. The number of anilines is 1. The molecule has 0 saturated carbocycles. The molecule has 1 heterocycles. The van der Waals surface area contributed by atoms with E-state index in [1.54, 1.807) is 37.4 Å². The Kier molecular flexibility index (Phi) is 5.83. The Labute approximate surface area is 165 Å². The van der Waals surface area contributed by atoms with Crippen LogP contribution in [0, 0.1) is 0 Å². The largest absolute Gasteiger partial charge is 0.497 e. The zero-order valence-electron chi connectivity index (χ0n) is 14.9. The summed E-state index contributed by atoms with van der Waals surface area (Å²) in [6, 6.07) is 10.4. The van der Waals surface area contributed by atoms with Crippen molar-refractivity contribution in [1.82, 2.24) is 4.98 Å². The minimum atomic E-state index is -0.334. The summed E-state index contributed by atoms with van der Waals surface area (Å²) < 4.78 is 15.6. The van der Waals surface area contributed by atoms with Crippen LogP contribution in [0.25, 0.3) is 11.3 Å². The van der Waals surface area contributed by atoms with Crippen LogP contribution < -0.4 is 19.5 Å². The molecule has 0 aliphatic heterocycles. The van der Waals surface area contributed by atoms with Gasteiger partial charge >= 0.3 is 0 Å². The highest BCUT2D eigenvalue weighted by Crippen LogP contribution is 2.32. The van der Waals surface area contributed by atoms with Crippen LogP contribution in [0.15, 0.2) is 41.8 Å². The second-order valence-electron chi connectivity index (χ2n) is 5.41. The Bertz CT molecular complexity index is 974. The average molecular weight is 405 g/mol. The summed E-state index contributed by atoms with van der Waals surface area (Å²) >= 11 is 7.48. The fourth-order valence-electron chi connectivity index (χ4n) is 2.45. The van der Waals surface area contributed by atoms with Crippen LogP contribution in [0.4, 0.5) is 5.13 Å². The number of amides is 1. The van der Waals surface area contributed by atoms with Gasteiger partial charge in [0.1, 0.15) is 17.2 Å². The van der Waals surface area contributed by atoms with Crippen molar-refractivity contribution in [3.8, 4) is 28.5 Å². The van der Waals surface area contributed by atoms with E-state index in [2.05, 4.69) is 10.3 Å². The van der Waals surface area contributed by atoms with Crippen molar-refractivity contribution in [3.05, 3.63) is 52.4 Å². The average Bonchev–Trinajstić information content (AvgIpc) is 3.15. The number of hydrogen-bond donors (Lipinski definition) is 1. The summed E-state index contributed by atoms with van der Waals surface area (Å²) in [6.07, 6.45) is 0. The first kappa shape index (κ1) is 19.0. The van der Waals surface area contributed by atoms with Crippen molar-refractivity contribution in [2.45, 2.75) is 0 Å². The number of methoxy groups -OCH3 is 3. The molecule has 0 spiro atoms. The van der Waals surface area contributed by atoms with E-state index in [0.29, 0.717) is 38.7 Å². The first-order valence-corrected chi connectivity index (χ1v) is 9.14. The molecule has 0 atom stereocenters. The van der Waals surface area contributed by atoms with Crippen molar-refractivity contribution in [2.75, 3.05) is 26.6 Å². The minimum Gasteiger partial charge on any atom is -0.497 e. The maximum atomic E-state index is 12.6. The van der Waals surface area contributed by atoms with E-state index in [1.807, 2.05) is 11.4 Å². The van der Waals surface area contributed by atoms with Gasteiger partial charge in [-0.25, -0.2) is 4.98 Å². The summed E-state index contributed by atoms with van der Waals surface area (Å²) in [7, 11) is 4.61. The molecule has 3 aromatic rings. The van der Waals surface area contributed by atoms with Crippen LogP contribution in [0.1, 0.15) is 10.4 Å². The van der Waals surface area contributed by atoms with E-state index in [4.69, 9.17) is 25.8 Å². The van der Waals surface area contributed by atoms with Crippen molar-refractivity contribution < 1.29 is 19.0 Å². The van der Waals surface area contributed by atoms with E-state index in [9.17, 15) is 4.79 Å². The van der Waals surface area contributed by atoms with Gasteiger partial charge in [0, 0.05) is 10.9 Å². The summed E-state index contributed by atoms with van der Waals surface area (Å²) in [4.78, 5) is 17.1. The van der Waals surface area contributed by atoms with Crippen molar-refractivity contribution in [2.24, 2.45) is 0 Å². The van der Waals surface area contributed by atoms with Crippen molar-refractivity contribution >= 4 is 34.0 Å². The molecular weight excluding hydrogens is 388 g/mol. The standard InChI is InChI=1S/C19H17ClN2O4S/c1-24-12-5-7-16(25-2)13(9-12)18(23)22-19-21-15(10-27-19)11-4-6-17(26-3)14(20)8-11/h4-10H,1-3H3,(H,21,22,23). The third-order valence-electron chi connectivity index (χ3n) is 3.82. The third kappa shape index (κ3) is 4.15. The minimum absolute atomic E-state index is 0.334. The van der Waals surface area contributed by atoms with Gasteiger partial charge in [0.05, 0.1) is 37.6 Å². The second kappa shape index (κ2) is 8.28. The summed E-state index contributed by atoms with van der Waals surface area (Å²) in [5, 5.41) is 5.59. The van der Waals surface area contributed by atoms with Gasteiger partial charge in [-0.2, -0.15) is 0 Å². The third-order valence-corrected chi connectivity index (χ3v) is 4.88. The first-order chi connectivity index (χ1) is 13.0. The fraction of sp³-hybridized carbons (Fsp3) is 0.158.